The highest BCUT2D eigenvalue weighted by Gasteiger charge is 2.30. The lowest BCUT2D eigenvalue weighted by atomic mass is 10.1. The molecule has 12 nitrogen and oxygen atoms in total. The number of benzene rings is 3. The fourth-order valence-corrected chi connectivity index (χ4v) is 6.31. The lowest BCUT2D eigenvalue weighted by Crippen LogP contribution is -2.37. The van der Waals surface area contributed by atoms with Gasteiger partial charge in [0, 0.05) is 24.5 Å². The van der Waals surface area contributed by atoms with Gasteiger partial charge in [0.25, 0.3) is 0 Å². The van der Waals surface area contributed by atoms with Crippen molar-refractivity contribution in [3.8, 4) is 0 Å². The van der Waals surface area contributed by atoms with Gasteiger partial charge >= 0.3 is 11.9 Å². The molecule has 3 aromatic rings. The number of rotatable bonds is 12. The van der Waals surface area contributed by atoms with Crippen molar-refractivity contribution < 1.29 is 36.6 Å². The average molecular weight is 563 g/mol. The summed E-state index contributed by atoms with van der Waals surface area (Å²) >= 11 is 0. The van der Waals surface area contributed by atoms with Gasteiger partial charge in [0.1, 0.15) is 13.1 Å². The lowest BCUT2D eigenvalue weighted by Gasteiger charge is -2.25. The molecule has 0 saturated heterocycles. The second-order valence-corrected chi connectivity index (χ2v) is 12.1. The molecule has 14 heteroatoms. The van der Waals surface area contributed by atoms with Crippen LogP contribution in [0.5, 0.6) is 0 Å². The Morgan fingerprint density at radius 1 is 0.605 bits per heavy atom. The smallest absolute Gasteiger partial charge is 0.318 e. The summed E-state index contributed by atoms with van der Waals surface area (Å²) in [5, 5.41) is 18.8. The molecule has 0 radical (unpaired) electrons. The maximum atomic E-state index is 13.3. The molecule has 0 aromatic heterocycles. The number of carboxylic acid groups (broad SMARTS) is 2. The fraction of sp³-hybridized carbons (Fsp3) is 0.167. The highest BCUT2D eigenvalue weighted by molar-refractivity contribution is 7.89. The molecule has 202 valence electrons. The van der Waals surface area contributed by atoms with E-state index in [4.69, 9.17) is 11.5 Å². The topological polar surface area (TPSA) is 201 Å². The molecule has 0 fully saturated rings. The van der Waals surface area contributed by atoms with E-state index in [9.17, 15) is 36.6 Å². The van der Waals surface area contributed by atoms with Crippen LogP contribution in [0.3, 0.4) is 0 Å². The molecule has 0 heterocycles. The number of nitrogens with two attached hydrogens (primary N) is 2. The van der Waals surface area contributed by atoms with Gasteiger partial charge < -0.3 is 21.7 Å². The number of hydrogen-bond donors (Lipinski definition) is 4. The van der Waals surface area contributed by atoms with E-state index in [1.165, 1.54) is 60.7 Å². The van der Waals surface area contributed by atoms with Crippen LogP contribution in [0.1, 0.15) is 11.1 Å². The molecule has 0 amide bonds. The van der Waals surface area contributed by atoms with Gasteiger partial charge in [-0.25, -0.2) is 16.8 Å². The van der Waals surface area contributed by atoms with E-state index in [1.54, 1.807) is 12.1 Å². The molecule has 0 atom stereocenters. The van der Waals surface area contributed by atoms with E-state index in [1.807, 2.05) is 0 Å². The molecule has 0 aliphatic carbocycles. The van der Waals surface area contributed by atoms with Crippen molar-refractivity contribution in [2.45, 2.75) is 22.9 Å². The molecule has 0 saturated carbocycles. The van der Waals surface area contributed by atoms with Crippen LogP contribution < -0.4 is 11.5 Å². The van der Waals surface area contributed by atoms with Crippen molar-refractivity contribution in [3.63, 3.8) is 0 Å². The standard InChI is InChI=1S/C24H26N4O8S2/c25-19-5-9-21(10-6-19)37(33,34)27(15-23(29)30)13-17-3-1-2-4-18(17)14-28(16-24(31)32)38(35,36)22-11-7-20(26)8-12-22/h1-12H,13-16,25-26H2,(H,29,30)(H,31,32). The van der Waals surface area contributed by atoms with Gasteiger partial charge in [-0.05, 0) is 59.7 Å². The van der Waals surface area contributed by atoms with E-state index in [0.717, 1.165) is 8.61 Å². The summed E-state index contributed by atoms with van der Waals surface area (Å²) in [6.07, 6.45) is 0. The van der Waals surface area contributed by atoms with E-state index in [-0.39, 0.29) is 20.9 Å². The number of carbonyl (C=O) groups is 2. The van der Waals surface area contributed by atoms with Crippen molar-refractivity contribution in [1.29, 1.82) is 0 Å². The molecular weight excluding hydrogens is 536 g/mol. The molecule has 0 unspecified atom stereocenters. The minimum atomic E-state index is -4.29. The SMILES string of the molecule is Nc1ccc(S(=O)(=O)N(CC(=O)O)Cc2ccccc2CN(CC(=O)O)S(=O)(=O)c2ccc(N)cc2)cc1. The monoisotopic (exact) mass is 562 g/mol. The first-order valence-corrected chi connectivity index (χ1v) is 13.9. The molecular formula is C24H26N4O8S2. The second-order valence-electron chi connectivity index (χ2n) is 8.24. The van der Waals surface area contributed by atoms with E-state index >= 15 is 0 Å². The first-order chi connectivity index (χ1) is 17.8. The number of sulfonamides is 2. The van der Waals surface area contributed by atoms with E-state index in [2.05, 4.69) is 0 Å². The average Bonchev–Trinajstić information content (AvgIpc) is 2.84. The van der Waals surface area contributed by atoms with Gasteiger partial charge in [-0.3, -0.25) is 9.59 Å². The van der Waals surface area contributed by atoms with Crippen LogP contribution in [0.15, 0.2) is 82.6 Å². The van der Waals surface area contributed by atoms with Gasteiger partial charge in [0.15, 0.2) is 0 Å². The summed E-state index contributed by atoms with van der Waals surface area (Å²) in [7, 11) is -8.58. The van der Waals surface area contributed by atoms with Crippen LogP contribution in [-0.2, 0) is 42.7 Å². The van der Waals surface area contributed by atoms with Crippen LogP contribution in [-0.4, -0.2) is 60.7 Å². The quantitative estimate of drug-likeness (QED) is 0.234. The summed E-state index contributed by atoms with van der Waals surface area (Å²) < 4.78 is 54.5. The zero-order chi connectivity index (χ0) is 28.1. The van der Waals surface area contributed by atoms with Crippen LogP contribution in [0.25, 0.3) is 0 Å². The van der Waals surface area contributed by atoms with Gasteiger partial charge in [-0.1, -0.05) is 24.3 Å². The van der Waals surface area contributed by atoms with Gasteiger partial charge in [0.2, 0.25) is 20.0 Å². The minimum Gasteiger partial charge on any atom is -0.480 e. The molecule has 6 N–H and O–H groups in total. The van der Waals surface area contributed by atoms with Crippen LogP contribution in [0.2, 0.25) is 0 Å². The highest BCUT2D eigenvalue weighted by Crippen LogP contribution is 2.24. The van der Waals surface area contributed by atoms with Gasteiger partial charge in [-0.15, -0.1) is 0 Å². The summed E-state index contributed by atoms with van der Waals surface area (Å²) in [6.45, 7) is -2.58. The van der Waals surface area contributed by atoms with E-state index < -0.39 is 58.2 Å². The molecule has 3 aromatic carbocycles. The summed E-state index contributed by atoms with van der Waals surface area (Å²) in [5.74, 6) is -2.81. The summed E-state index contributed by atoms with van der Waals surface area (Å²) in [5.41, 5.74) is 12.5. The zero-order valence-corrected chi connectivity index (χ0v) is 21.6. The van der Waals surface area contributed by atoms with Crippen molar-refractivity contribution in [2.24, 2.45) is 0 Å². The first kappa shape index (κ1) is 28.6. The molecule has 3 rings (SSSR count). The highest BCUT2D eigenvalue weighted by atomic mass is 32.2. The van der Waals surface area contributed by atoms with Crippen molar-refractivity contribution in [3.05, 3.63) is 83.9 Å². The maximum absolute atomic E-state index is 13.3. The Balaban J connectivity index is 2.00. The third kappa shape index (κ3) is 6.86. The van der Waals surface area contributed by atoms with E-state index in [0.29, 0.717) is 11.4 Å². The molecule has 38 heavy (non-hydrogen) atoms. The zero-order valence-electron chi connectivity index (χ0n) is 20.0. The number of aliphatic carboxylic acids is 2. The Morgan fingerprint density at radius 3 is 1.21 bits per heavy atom. The lowest BCUT2D eigenvalue weighted by molar-refractivity contribution is -0.138. The molecule has 0 spiro atoms. The minimum absolute atomic E-state index is 0.177. The largest absolute Gasteiger partial charge is 0.480 e. The number of hydrogen-bond acceptors (Lipinski definition) is 8. The fourth-order valence-electron chi connectivity index (χ4n) is 3.58. The molecule has 0 aliphatic rings. The van der Waals surface area contributed by atoms with Gasteiger partial charge in [-0.2, -0.15) is 8.61 Å². The number of nitrogen functional groups attached to an aromatic ring is 2. The Kier molecular flexibility index (Phi) is 8.73. The Morgan fingerprint density at radius 2 is 0.921 bits per heavy atom. The van der Waals surface area contributed by atoms with Crippen LogP contribution >= 0.6 is 0 Å². The third-order valence-electron chi connectivity index (χ3n) is 5.47. The molecule has 0 aliphatic heterocycles. The van der Waals surface area contributed by atoms with Gasteiger partial charge in [0.05, 0.1) is 9.79 Å². The first-order valence-electron chi connectivity index (χ1n) is 11.0. The molecule has 0 bridgehead atoms. The van der Waals surface area contributed by atoms with Crippen molar-refractivity contribution >= 4 is 43.4 Å². The predicted octanol–water partition coefficient (Wildman–Crippen LogP) is 1.40. The normalized spacial score (nSPS) is 12.1. The number of anilines is 2. The summed E-state index contributed by atoms with van der Waals surface area (Å²) in [6, 6.07) is 16.6. The second kappa shape index (κ2) is 11.6. The van der Waals surface area contributed by atoms with Crippen LogP contribution in [0, 0.1) is 0 Å². The number of nitrogens with zero attached hydrogens (tertiary/aromatic N) is 2. The Bertz CT molecular complexity index is 1410. The number of carboxylic acids is 2. The Labute approximate surface area is 219 Å². The summed E-state index contributed by atoms with van der Waals surface area (Å²) in [4.78, 5) is 22.7. The van der Waals surface area contributed by atoms with Crippen LogP contribution in [0.4, 0.5) is 11.4 Å². The predicted molar refractivity (Wildman–Crippen MR) is 139 cm³/mol. The Hall–Kier alpha value is -3.98. The van der Waals surface area contributed by atoms with Crippen molar-refractivity contribution in [2.75, 3.05) is 24.6 Å². The van der Waals surface area contributed by atoms with Crippen molar-refractivity contribution in [1.82, 2.24) is 8.61 Å². The maximum Gasteiger partial charge on any atom is 0.318 e. The third-order valence-corrected chi connectivity index (χ3v) is 9.08.